The maximum absolute atomic E-state index is 11.0. The second kappa shape index (κ2) is 34.6. The fourth-order valence-corrected chi connectivity index (χ4v) is 6.29. The number of rotatable bonds is 23. The van der Waals surface area contributed by atoms with Crippen LogP contribution in [0.4, 0.5) is 0 Å². The predicted molar refractivity (Wildman–Crippen MR) is 240 cm³/mol. The van der Waals surface area contributed by atoms with Crippen LogP contribution >= 0.6 is 0 Å². The standard InChI is InChI=1S/C18H36O3.C9H4O5.C8H6O4.C8H16O2.C5H12O2/c1-2-3-4-11-14-17(19)15-12-9-7-5-6-8-10-13-16-18(20)21;10-7(11)4-1-2-5-6(3-4)9(13)14-8(5)12;9-7(10)5-1-2-6(4-3-5)8(11)12;9-5-7-1-2-8(6-10)4-3-7;1-5(2,3-6)4-7/h17,19H,2-16H2,1H3,(H,20,21);1-3H,(H,10,11);1-4H,(H,9,10)(H,11,12);7-10H,1-6H2;6-7H,3-4H2,1-2H3. The van der Waals surface area contributed by atoms with Gasteiger partial charge in [-0.25, -0.2) is 24.0 Å². The quantitative estimate of drug-likeness (QED) is 0.0291. The topological polar surface area (TPSA) is 294 Å². The normalized spacial score (nSPS) is 15.5. The number of carboxylic acid groups (broad SMARTS) is 4. The first-order valence-electron chi connectivity index (χ1n) is 22.4. The number of hydrogen-bond donors (Lipinski definition) is 9. The van der Waals surface area contributed by atoms with Crippen molar-refractivity contribution >= 4 is 35.8 Å². The minimum atomic E-state index is -1.15. The molecule has 16 nitrogen and oxygen atoms in total. The van der Waals surface area contributed by atoms with Crippen LogP contribution in [0.5, 0.6) is 0 Å². The Bertz CT molecular complexity index is 1600. The third-order valence-corrected chi connectivity index (χ3v) is 10.7. The van der Waals surface area contributed by atoms with Gasteiger partial charge in [0.05, 0.1) is 47.1 Å². The number of unbranched alkanes of at least 4 members (excludes halogenated alkanes) is 10. The van der Waals surface area contributed by atoms with E-state index in [0.717, 1.165) is 70.3 Å². The molecule has 0 saturated heterocycles. The molecule has 0 radical (unpaired) electrons. The molecule has 0 amide bonds. The number of aliphatic hydroxyl groups excluding tert-OH is 5. The van der Waals surface area contributed by atoms with E-state index in [1.807, 2.05) is 0 Å². The van der Waals surface area contributed by atoms with Gasteiger partial charge in [0, 0.05) is 25.0 Å². The van der Waals surface area contributed by atoms with Crippen molar-refractivity contribution in [2.24, 2.45) is 17.3 Å². The lowest BCUT2D eigenvalue weighted by atomic mass is 9.83. The fraction of sp³-hybridized carbons (Fsp3) is 0.625. The maximum Gasteiger partial charge on any atom is 0.346 e. The highest BCUT2D eigenvalue weighted by Gasteiger charge is 2.30. The van der Waals surface area contributed by atoms with E-state index in [1.54, 1.807) is 13.8 Å². The van der Waals surface area contributed by atoms with Crippen molar-refractivity contribution in [2.75, 3.05) is 26.4 Å². The zero-order valence-corrected chi connectivity index (χ0v) is 37.9. The lowest BCUT2D eigenvalue weighted by Gasteiger charge is -2.25. The summed E-state index contributed by atoms with van der Waals surface area (Å²) in [4.78, 5) is 63.5. The summed E-state index contributed by atoms with van der Waals surface area (Å²) < 4.78 is 4.30. The van der Waals surface area contributed by atoms with E-state index in [4.69, 9.17) is 40.9 Å². The van der Waals surface area contributed by atoms with Gasteiger partial charge in [0.15, 0.2) is 0 Å². The Labute approximate surface area is 377 Å². The average Bonchev–Trinajstić information content (AvgIpc) is 3.57. The van der Waals surface area contributed by atoms with Crippen LogP contribution in [0.25, 0.3) is 0 Å². The molecule has 1 heterocycles. The van der Waals surface area contributed by atoms with E-state index in [0.29, 0.717) is 31.5 Å². The van der Waals surface area contributed by atoms with Crippen molar-refractivity contribution in [2.45, 2.75) is 149 Å². The van der Waals surface area contributed by atoms with Crippen molar-refractivity contribution in [3.63, 3.8) is 0 Å². The van der Waals surface area contributed by atoms with Crippen molar-refractivity contribution in [1.82, 2.24) is 0 Å². The third kappa shape index (κ3) is 27.4. The van der Waals surface area contributed by atoms with Gasteiger partial charge in [-0.2, -0.15) is 0 Å². The Balaban J connectivity index is 0.000000810. The Morgan fingerprint density at radius 1 is 0.578 bits per heavy atom. The molecule has 0 spiro atoms. The average molecular weight is 907 g/mol. The van der Waals surface area contributed by atoms with Gasteiger partial charge in [-0.3, -0.25) is 4.79 Å². The summed E-state index contributed by atoms with van der Waals surface area (Å²) in [5.74, 6) is -4.46. The smallest absolute Gasteiger partial charge is 0.346 e. The van der Waals surface area contributed by atoms with Crippen LogP contribution < -0.4 is 0 Å². The van der Waals surface area contributed by atoms with Crippen LogP contribution in [0.1, 0.15) is 195 Å². The molecule has 1 atom stereocenters. The van der Waals surface area contributed by atoms with Crippen molar-refractivity contribution in [3.05, 3.63) is 70.3 Å². The van der Waals surface area contributed by atoms with Crippen LogP contribution in [0, 0.1) is 17.3 Å². The summed E-state index contributed by atoms with van der Waals surface area (Å²) in [6.45, 7) is 6.56. The summed E-state index contributed by atoms with van der Waals surface area (Å²) in [5, 5.41) is 78.4. The van der Waals surface area contributed by atoms with Crippen LogP contribution in [-0.2, 0) is 9.53 Å². The molecule has 9 N–H and O–H groups in total. The molecule has 2 aromatic carbocycles. The van der Waals surface area contributed by atoms with Gasteiger partial charge < -0.3 is 50.7 Å². The molecule has 1 saturated carbocycles. The number of benzene rings is 2. The van der Waals surface area contributed by atoms with Crippen LogP contribution in [-0.4, -0.2) is 114 Å². The minimum absolute atomic E-state index is 0.00917. The molecule has 1 aliphatic carbocycles. The number of carbonyl (C=O) groups is 6. The van der Waals surface area contributed by atoms with Crippen LogP contribution in [0.3, 0.4) is 0 Å². The monoisotopic (exact) mass is 906 g/mol. The Kier molecular flexibility index (Phi) is 32.1. The second-order valence-electron chi connectivity index (χ2n) is 16.9. The molecule has 4 rings (SSSR count). The molecule has 1 unspecified atom stereocenters. The maximum atomic E-state index is 11.0. The number of aliphatic hydroxyl groups is 5. The number of esters is 2. The molecule has 64 heavy (non-hydrogen) atoms. The zero-order chi connectivity index (χ0) is 48.5. The van der Waals surface area contributed by atoms with E-state index in [9.17, 15) is 33.9 Å². The van der Waals surface area contributed by atoms with Gasteiger partial charge in [-0.05, 0) is 99.2 Å². The number of cyclic esters (lactones) is 2. The number of carbonyl (C=O) groups excluding carboxylic acids is 2. The summed E-state index contributed by atoms with van der Waals surface area (Å²) >= 11 is 0. The van der Waals surface area contributed by atoms with Gasteiger partial charge in [0.2, 0.25) is 0 Å². The number of fused-ring (bicyclic) bond motifs is 1. The Morgan fingerprint density at radius 3 is 1.31 bits per heavy atom. The predicted octanol–water partition coefficient (Wildman–Crippen LogP) is 7.86. The third-order valence-electron chi connectivity index (χ3n) is 10.7. The summed E-state index contributed by atoms with van der Waals surface area (Å²) in [7, 11) is 0. The van der Waals surface area contributed by atoms with Crippen LogP contribution in [0.2, 0.25) is 0 Å². The van der Waals surface area contributed by atoms with E-state index in [-0.39, 0.29) is 52.5 Å². The van der Waals surface area contributed by atoms with E-state index in [2.05, 4.69) is 11.7 Å². The summed E-state index contributed by atoms with van der Waals surface area (Å²) in [6, 6.07) is 8.67. The van der Waals surface area contributed by atoms with Gasteiger partial charge >= 0.3 is 35.8 Å². The minimum Gasteiger partial charge on any atom is -0.481 e. The molecule has 2 aliphatic rings. The van der Waals surface area contributed by atoms with E-state index < -0.39 is 35.8 Å². The molecule has 1 aliphatic heterocycles. The molecular formula is C48H74O16. The van der Waals surface area contributed by atoms with E-state index in [1.165, 1.54) is 87.8 Å². The zero-order valence-electron chi connectivity index (χ0n) is 37.9. The molecule has 362 valence electrons. The lowest BCUT2D eigenvalue weighted by Crippen LogP contribution is -2.20. The molecule has 16 heteroatoms. The van der Waals surface area contributed by atoms with Crippen molar-refractivity contribution < 1.29 is 79.5 Å². The number of ether oxygens (including phenoxy) is 1. The van der Waals surface area contributed by atoms with Gasteiger partial charge in [0.25, 0.3) is 0 Å². The lowest BCUT2D eigenvalue weighted by molar-refractivity contribution is -0.137. The highest BCUT2D eigenvalue weighted by molar-refractivity contribution is 6.15. The van der Waals surface area contributed by atoms with Gasteiger partial charge in [-0.1, -0.05) is 91.4 Å². The highest BCUT2D eigenvalue weighted by atomic mass is 16.6. The number of hydrogen-bond acceptors (Lipinski definition) is 12. The van der Waals surface area contributed by atoms with Crippen LogP contribution in [0.15, 0.2) is 42.5 Å². The van der Waals surface area contributed by atoms with Gasteiger partial charge in [-0.15, -0.1) is 0 Å². The first kappa shape index (κ1) is 59.3. The summed E-state index contributed by atoms with van der Waals surface area (Å²) in [6.07, 6.45) is 20.7. The molecule has 0 bridgehead atoms. The first-order valence-corrected chi connectivity index (χ1v) is 22.4. The number of carboxylic acids is 4. The molecular weight excluding hydrogens is 833 g/mol. The number of aliphatic carboxylic acids is 1. The van der Waals surface area contributed by atoms with Gasteiger partial charge in [0.1, 0.15) is 0 Å². The van der Waals surface area contributed by atoms with E-state index >= 15 is 0 Å². The van der Waals surface area contributed by atoms with Crippen molar-refractivity contribution in [1.29, 1.82) is 0 Å². The fourth-order valence-electron chi connectivity index (χ4n) is 6.29. The van der Waals surface area contributed by atoms with Crippen molar-refractivity contribution in [3.8, 4) is 0 Å². The SMILES string of the molecule is CC(C)(CO)CO.CCCCCCC(O)CCCCCCCCCCC(=O)O.O=C(O)c1ccc(C(=O)O)cc1.O=C(O)c1ccc2c(c1)C(=O)OC2=O.OCC1CCC(CO)CC1. The number of aromatic carboxylic acids is 3. The highest BCUT2D eigenvalue weighted by Crippen LogP contribution is 2.27. The molecule has 2 aromatic rings. The second-order valence-corrected chi connectivity index (χ2v) is 16.9. The first-order chi connectivity index (χ1) is 30.4. The largest absolute Gasteiger partial charge is 0.481 e. The molecule has 1 fully saturated rings. The Hall–Kier alpha value is -4.74. The molecule has 0 aromatic heterocycles. The summed E-state index contributed by atoms with van der Waals surface area (Å²) in [5.41, 5.74) is -0.0645. The Morgan fingerprint density at radius 2 is 0.953 bits per heavy atom.